The third-order valence-electron chi connectivity index (χ3n) is 4.96. The average molecular weight is 428 g/mol. The van der Waals surface area contributed by atoms with Crippen molar-refractivity contribution in [3.63, 3.8) is 0 Å². The molecule has 3 aromatic rings. The highest BCUT2D eigenvalue weighted by Gasteiger charge is 2.17. The zero-order chi connectivity index (χ0) is 22.5. The minimum absolute atomic E-state index is 0.0465. The van der Waals surface area contributed by atoms with Crippen LogP contribution in [-0.4, -0.2) is 38.7 Å². The molecule has 1 unspecified atom stereocenters. The fourth-order valence-electron chi connectivity index (χ4n) is 3.42. The van der Waals surface area contributed by atoms with E-state index in [2.05, 4.69) is 33.2 Å². The van der Waals surface area contributed by atoms with Gasteiger partial charge in [0.25, 0.3) is 5.91 Å². The first-order valence-electron chi connectivity index (χ1n) is 10.2. The van der Waals surface area contributed by atoms with E-state index in [4.69, 9.17) is 15.5 Å². The van der Waals surface area contributed by atoms with Gasteiger partial charge in [0.2, 0.25) is 0 Å². The van der Waals surface area contributed by atoms with Gasteiger partial charge >= 0.3 is 0 Å². The number of H-pyrrole nitrogens is 1. The van der Waals surface area contributed by atoms with E-state index in [-0.39, 0.29) is 12.6 Å². The summed E-state index contributed by atoms with van der Waals surface area (Å²) < 4.78 is 5.42. The van der Waals surface area contributed by atoms with Crippen molar-refractivity contribution in [1.82, 2.24) is 20.2 Å². The number of benzene rings is 1. The number of ether oxygens (including phenoxy) is 1. The zero-order valence-electron chi connectivity index (χ0n) is 17.7. The van der Waals surface area contributed by atoms with Gasteiger partial charge in [-0.2, -0.15) is 5.10 Å². The van der Waals surface area contributed by atoms with E-state index >= 15 is 0 Å². The molecule has 8 heteroatoms. The van der Waals surface area contributed by atoms with Crippen LogP contribution >= 0.6 is 0 Å². The number of amides is 1. The molecule has 0 spiro atoms. The van der Waals surface area contributed by atoms with Crippen molar-refractivity contribution in [2.45, 2.75) is 19.4 Å². The molecule has 1 aliphatic rings. The predicted molar refractivity (Wildman–Crippen MR) is 125 cm³/mol. The van der Waals surface area contributed by atoms with Crippen molar-refractivity contribution in [2.24, 2.45) is 5.73 Å². The Morgan fingerprint density at radius 2 is 2.28 bits per heavy atom. The fraction of sp³-hybridized carbons (Fsp3) is 0.167. The highest BCUT2D eigenvalue weighted by atomic mass is 16.5. The van der Waals surface area contributed by atoms with Crippen molar-refractivity contribution in [2.75, 3.05) is 11.9 Å². The topological polar surface area (TPSA) is 119 Å². The van der Waals surface area contributed by atoms with Gasteiger partial charge in [-0.3, -0.25) is 9.89 Å². The van der Waals surface area contributed by atoms with E-state index in [9.17, 15) is 4.79 Å². The van der Waals surface area contributed by atoms with Gasteiger partial charge in [-0.1, -0.05) is 36.9 Å². The number of aromatic nitrogens is 4. The van der Waals surface area contributed by atoms with E-state index < -0.39 is 5.91 Å². The number of rotatable bonds is 7. The molecule has 1 aromatic carbocycles. The van der Waals surface area contributed by atoms with E-state index in [1.54, 1.807) is 12.1 Å². The standard InChI is InChI=1S/C24H24N6O2/c1-3-4-8-20-15(2)27-23(16-6-5-7-19(12-16)32-14-22(25)31)29-24(20)28-18-9-10-21-17(11-18)13-26-30-21/h3-10,12-13,18H,2,11,14H2,1H3,(H2,25,31)(H,26,30)(H,27,28,29). The van der Waals surface area contributed by atoms with Crippen molar-refractivity contribution < 1.29 is 9.53 Å². The van der Waals surface area contributed by atoms with Crippen molar-refractivity contribution in [1.29, 1.82) is 0 Å². The first-order valence-corrected chi connectivity index (χ1v) is 10.2. The van der Waals surface area contributed by atoms with E-state index in [0.717, 1.165) is 28.5 Å². The largest absolute Gasteiger partial charge is 0.484 e. The Morgan fingerprint density at radius 1 is 1.41 bits per heavy atom. The molecule has 2 heterocycles. The molecule has 4 rings (SSSR count). The maximum absolute atomic E-state index is 11.0. The number of fused-ring (bicyclic) bond motifs is 1. The van der Waals surface area contributed by atoms with Crippen LogP contribution in [0, 0.1) is 0 Å². The van der Waals surface area contributed by atoms with Crippen molar-refractivity contribution >= 4 is 30.5 Å². The summed E-state index contributed by atoms with van der Waals surface area (Å²) in [5.41, 5.74) is 8.09. The van der Waals surface area contributed by atoms with Crippen LogP contribution in [0.4, 0.5) is 5.82 Å². The minimum atomic E-state index is -0.539. The Kier molecular flexibility index (Phi) is 6.12. The number of aromatic amines is 1. The Bertz CT molecular complexity index is 1310. The predicted octanol–water partition coefficient (Wildman–Crippen LogP) is 1.55. The van der Waals surface area contributed by atoms with Gasteiger partial charge in [-0.15, -0.1) is 0 Å². The summed E-state index contributed by atoms with van der Waals surface area (Å²) in [7, 11) is 0. The molecule has 0 aliphatic heterocycles. The van der Waals surface area contributed by atoms with Gasteiger partial charge in [-0.25, -0.2) is 9.97 Å². The lowest BCUT2D eigenvalue weighted by Crippen LogP contribution is -2.35. The number of nitrogens with zero attached hydrogens (tertiary/aromatic N) is 3. The number of anilines is 1. The lowest BCUT2D eigenvalue weighted by Gasteiger charge is -2.19. The van der Waals surface area contributed by atoms with E-state index in [1.165, 1.54) is 0 Å². The Balaban J connectivity index is 1.70. The lowest BCUT2D eigenvalue weighted by molar-refractivity contribution is -0.119. The van der Waals surface area contributed by atoms with Crippen LogP contribution in [0.5, 0.6) is 5.75 Å². The van der Waals surface area contributed by atoms with Crippen LogP contribution in [0.1, 0.15) is 18.2 Å². The average Bonchev–Trinajstić information content (AvgIpc) is 3.25. The third kappa shape index (κ3) is 4.75. The van der Waals surface area contributed by atoms with Crippen LogP contribution in [0.3, 0.4) is 0 Å². The van der Waals surface area contributed by atoms with Gasteiger partial charge in [0.05, 0.1) is 23.3 Å². The molecule has 0 radical (unpaired) electrons. The molecule has 4 N–H and O–H groups in total. The normalized spacial score (nSPS) is 15.7. The molecule has 8 nitrogen and oxygen atoms in total. The van der Waals surface area contributed by atoms with E-state index in [1.807, 2.05) is 49.6 Å². The summed E-state index contributed by atoms with van der Waals surface area (Å²) in [5.74, 6) is 1.16. The zero-order valence-corrected chi connectivity index (χ0v) is 17.7. The van der Waals surface area contributed by atoms with Crippen LogP contribution < -0.4 is 26.4 Å². The quantitative estimate of drug-likeness (QED) is 0.525. The molecule has 2 aromatic heterocycles. The summed E-state index contributed by atoms with van der Waals surface area (Å²) in [6, 6.07) is 7.26. The maximum atomic E-state index is 11.0. The highest BCUT2D eigenvalue weighted by molar-refractivity contribution is 5.75. The first kappa shape index (κ1) is 21.0. The van der Waals surface area contributed by atoms with Gasteiger partial charge in [0, 0.05) is 10.8 Å². The molecule has 32 heavy (non-hydrogen) atoms. The minimum Gasteiger partial charge on any atom is -0.484 e. The van der Waals surface area contributed by atoms with Crippen molar-refractivity contribution in [3.8, 4) is 17.1 Å². The first-order chi connectivity index (χ1) is 15.5. The number of carbonyl (C=O) groups is 1. The summed E-state index contributed by atoms with van der Waals surface area (Å²) in [6.07, 6.45) is 12.5. The summed E-state index contributed by atoms with van der Waals surface area (Å²) in [5, 5.41) is 12.0. The second kappa shape index (κ2) is 9.30. The van der Waals surface area contributed by atoms with Crippen LogP contribution in [0.15, 0.2) is 48.7 Å². The molecule has 0 fully saturated rings. The van der Waals surface area contributed by atoms with Gasteiger partial charge < -0.3 is 15.8 Å². The number of primary amides is 1. The molecular formula is C24H24N6O2. The van der Waals surface area contributed by atoms with Crippen LogP contribution in [-0.2, 0) is 11.2 Å². The Hall–Kier alpha value is -4.20. The van der Waals surface area contributed by atoms with E-state index in [0.29, 0.717) is 22.7 Å². The number of nitrogens with two attached hydrogens (primary N) is 1. The number of allylic oxidation sites excluding steroid dienone is 2. The molecule has 0 saturated carbocycles. The Morgan fingerprint density at radius 3 is 3.09 bits per heavy atom. The molecule has 1 amide bonds. The summed E-state index contributed by atoms with van der Waals surface area (Å²) >= 11 is 0. The second-order valence-electron chi connectivity index (χ2n) is 7.35. The fourth-order valence-corrected chi connectivity index (χ4v) is 3.42. The van der Waals surface area contributed by atoms with Gasteiger partial charge in [0.15, 0.2) is 12.4 Å². The highest BCUT2D eigenvalue weighted by Crippen LogP contribution is 2.22. The summed E-state index contributed by atoms with van der Waals surface area (Å²) in [4.78, 5) is 20.4. The monoisotopic (exact) mass is 428 g/mol. The van der Waals surface area contributed by atoms with Gasteiger partial charge in [0.1, 0.15) is 11.6 Å². The third-order valence-corrected chi connectivity index (χ3v) is 4.96. The molecule has 1 atom stereocenters. The molecule has 0 saturated heterocycles. The SMILES string of the molecule is C=c1nc(-c2cccc(OCC(N)=O)c2)nc(NC2C=Cc3[nH]ncc3C2)c1=CC=CC. The van der Waals surface area contributed by atoms with Crippen LogP contribution in [0.25, 0.3) is 30.1 Å². The summed E-state index contributed by atoms with van der Waals surface area (Å²) in [6.45, 7) is 5.89. The lowest BCUT2D eigenvalue weighted by atomic mass is 10.0. The Labute approximate surface area is 185 Å². The smallest absolute Gasteiger partial charge is 0.255 e. The van der Waals surface area contributed by atoms with Crippen molar-refractivity contribution in [3.05, 3.63) is 70.5 Å². The maximum Gasteiger partial charge on any atom is 0.255 e. The molecule has 1 aliphatic carbocycles. The van der Waals surface area contributed by atoms with Crippen LogP contribution in [0.2, 0.25) is 0 Å². The molecular weight excluding hydrogens is 404 g/mol. The number of nitrogens with one attached hydrogen (secondary N) is 2. The number of hydrogen-bond donors (Lipinski definition) is 3. The molecule has 162 valence electrons. The number of carbonyl (C=O) groups excluding carboxylic acids is 1. The second-order valence-corrected chi connectivity index (χ2v) is 7.35. The van der Waals surface area contributed by atoms with Gasteiger partial charge in [-0.05, 0) is 43.2 Å². The molecule has 0 bridgehead atoms. The number of hydrogen-bond acceptors (Lipinski definition) is 6.